The highest BCUT2D eigenvalue weighted by atomic mass is 16.5. The highest BCUT2D eigenvalue weighted by Crippen LogP contribution is 2.30. The van der Waals surface area contributed by atoms with Crippen LogP contribution in [0.1, 0.15) is 13.3 Å². The Bertz CT molecular complexity index is 1070. The van der Waals surface area contributed by atoms with Crippen LogP contribution in [-0.4, -0.2) is 31.8 Å². The van der Waals surface area contributed by atoms with Gasteiger partial charge in [0.25, 0.3) is 0 Å². The van der Waals surface area contributed by atoms with Gasteiger partial charge in [0, 0.05) is 36.1 Å². The van der Waals surface area contributed by atoms with Crippen molar-refractivity contribution in [2.75, 3.05) is 12.8 Å². The predicted octanol–water partition coefficient (Wildman–Crippen LogP) is 3.49. The summed E-state index contributed by atoms with van der Waals surface area (Å²) in [6, 6.07) is 7.70. The third kappa shape index (κ3) is 2.88. The van der Waals surface area contributed by atoms with E-state index in [2.05, 4.69) is 27.0 Å². The second kappa shape index (κ2) is 6.51. The average Bonchev–Trinajstić information content (AvgIpc) is 3.28. The number of benzene rings is 1. The van der Waals surface area contributed by atoms with Crippen LogP contribution in [0.15, 0.2) is 42.9 Å². The van der Waals surface area contributed by atoms with Gasteiger partial charge in [-0.3, -0.25) is 4.68 Å². The van der Waals surface area contributed by atoms with Gasteiger partial charge in [0.1, 0.15) is 17.4 Å². The molecule has 4 aromatic rings. The maximum atomic E-state index is 6.11. The van der Waals surface area contributed by atoms with Gasteiger partial charge in [0.15, 0.2) is 0 Å². The summed E-state index contributed by atoms with van der Waals surface area (Å²) in [5, 5.41) is 4.38. The van der Waals surface area contributed by atoms with Gasteiger partial charge in [-0.1, -0.05) is 6.92 Å². The van der Waals surface area contributed by atoms with E-state index in [1.165, 1.54) is 0 Å². The zero-order valence-corrected chi connectivity index (χ0v) is 14.7. The molecule has 26 heavy (non-hydrogen) atoms. The van der Waals surface area contributed by atoms with Gasteiger partial charge < -0.3 is 15.5 Å². The van der Waals surface area contributed by atoms with Crippen molar-refractivity contribution in [2.24, 2.45) is 0 Å². The molecule has 0 bridgehead atoms. The minimum absolute atomic E-state index is 0.431. The molecule has 132 valence electrons. The summed E-state index contributed by atoms with van der Waals surface area (Å²) >= 11 is 0. The molecular formula is C19H20N6O. The number of nitrogens with two attached hydrogens (primary N) is 1. The van der Waals surface area contributed by atoms with E-state index in [0.717, 1.165) is 46.4 Å². The first-order chi connectivity index (χ1) is 12.7. The van der Waals surface area contributed by atoms with Crippen LogP contribution >= 0.6 is 0 Å². The molecule has 0 atom stereocenters. The SMILES string of the molecule is CCCn1cc(-c2cnc(N)c(-c3nc4ccc(OC)cc4[nH]3)c2)cn1. The number of nitrogen functional groups attached to an aromatic ring is 1. The Kier molecular flexibility index (Phi) is 4.04. The Morgan fingerprint density at radius 2 is 2.08 bits per heavy atom. The number of aromatic amines is 1. The molecule has 7 nitrogen and oxygen atoms in total. The first-order valence-electron chi connectivity index (χ1n) is 8.50. The average molecular weight is 348 g/mol. The van der Waals surface area contributed by atoms with E-state index >= 15 is 0 Å². The number of ether oxygens (including phenoxy) is 1. The standard InChI is InChI=1S/C19H20N6O/c1-3-6-25-11-13(10-22-25)12-7-15(18(20)21-9-12)19-23-16-5-4-14(26-2)8-17(16)24-19/h4-5,7-11H,3,6H2,1-2H3,(H2,20,21)(H,23,24). The van der Waals surface area contributed by atoms with Crippen LogP contribution < -0.4 is 10.5 Å². The van der Waals surface area contributed by atoms with Crippen LogP contribution in [0.3, 0.4) is 0 Å². The molecule has 0 saturated heterocycles. The highest BCUT2D eigenvalue weighted by molar-refractivity contribution is 5.84. The lowest BCUT2D eigenvalue weighted by molar-refractivity contribution is 0.415. The third-order valence-electron chi connectivity index (χ3n) is 4.28. The number of anilines is 1. The molecule has 3 aromatic heterocycles. The van der Waals surface area contributed by atoms with E-state index in [9.17, 15) is 0 Å². The molecule has 0 unspecified atom stereocenters. The minimum atomic E-state index is 0.431. The summed E-state index contributed by atoms with van der Waals surface area (Å²) in [6.45, 7) is 3.02. The Hall–Kier alpha value is -3.35. The summed E-state index contributed by atoms with van der Waals surface area (Å²) in [7, 11) is 1.64. The molecule has 0 fully saturated rings. The molecular weight excluding hydrogens is 328 g/mol. The third-order valence-corrected chi connectivity index (χ3v) is 4.28. The summed E-state index contributed by atoms with van der Waals surface area (Å²) < 4.78 is 7.20. The van der Waals surface area contributed by atoms with Gasteiger partial charge in [-0.2, -0.15) is 5.10 Å². The van der Waals surface area contributed by atoms with Crippen molar-refractivity contribution in [1.82, 2.24) is 24.7 Å². The van der Waals surface area contributed by atoms with Crippen molar-refractivity contribution in [3.8, 4) is 28.3 Å². The van der Waals surface area contributed by atoms with Gasteiger partial charge in [-0.15, -0.1) is 0 Å². The first kappa shape index (κ1) is 16.1. The fourth-order valence-electron chi connectivity index (χ4n) is 2.93. The van der Waals surface area contributed by atoms with Gasteiger partial charge >= 0.3 is 0 Å². The van der Waals surface area contributed by atoms with Crippen LogP contribution in [0, 0.1) is 0 Å². The van der Waals surface area contributed by atoms with Crippen LogP contribution in [-0.2, 0) is 6.54 Å². The number of H-pyrrole nitrogens is 1. The number of rotatable bonds is 5. The van der Waals surface area contributed by atoms with E-state index < -0.39 is 0 Å². The normalized spacial score (nSPS) is 11.2. The monoisotopic (exact) mass is 348 g/mol. The number of nitrogens with zero attached hydrogens (tertiary/aromatic N) is 4. The number of fused-ring (bicyclic) bond motifs is 1. The zero-order valence-electron chi connectivity index (χ0n) is 14.7. The second-order valence-electron chi connectivity index (χ2n) is 6.12. The summed E-state index contributed by atoms with van der Waals surface area (Å²) in [6.07, 6.45) is 6.66. The fraction of sp³-hybridized carbons (Fsp3) is 0.211. The number of pyridine rings is 1. The van der Waals surface area contributed by atoms with Crippen molar-refractivity contribution in [2.45, 2.75) is 19.9 Å². The molecule has 7 heteroatoms. The Balaban J connectivity index is 1.76. The molecule has 0 aliphatic rings. The second-order valence-corrected chi connectivity index (χ2v) is 6.12. The minimum Gasteiger partial charge on any atom is -0.497 e. The lowest BCUT2D eigenvalue weighted by Gasteiger charge is -2.04. The Labute approximate surface area is 150 Å². The van der Waals surface area contributed by atoms with Crippen LogP contribution in [0.5, 0.6) is 5.75 Å². The van der Waals surface area contributed by atoms with Crippen molar-refractivity contribution in [1.29, 1.82) is 0 Å². The quantitative estimate of drug-likeness (QED) is 0.576. The van der Waals surface area contributed by atoms with Gasteiger partial charge in [-0.25, -0.2) is 9.97 Å². The molecule has 0 saturated carbocycles. The molecule has 0 amide bonds. The number of aryl methyl sites for hydroxylation is 1. The van der Waals surface area contributed by atoms with E-state index in [4.69, 9.17) is 10.5 Å². The zero-order chi connectivity index (χ0) is 18.1. The number of nitrogens with one attached hydrogen (secondary N) is 1. The number of methoxy groups -OCH3 is 1. The lowest BCUT2D eigenvalue weighted by atomic mass is 10.1. The van der Waals surface area contributed by atoms with Crippen molar-refractivity contribution < 1.29 is 4.74 Å². The highest BCUT2D eigenvalue weighted by Gasteiger charge is 2.13. The molecule has 4 rings (SSSR count). The van der Waals surface area contributed by atoms with Crippen molar-refractivity contribution in [3.63, 3.8) is 0 Å². The van der Waals surface area contributed by atoms with E-state index in [1.807, 2.05) is 41.3 Å². The van der Waals surface area contributed by atoms with Gasteiger partial charge in [0.05, 0.1) is 29.9 Å². The van der Waals surface area contributed by atoms with Crippen LogP contribution in [0.4, 0.5) is 5.82 Å². The smallest absolute Gasteiger partial charge is 0.142 e. The Morgan fingerprint density at radius 3 is 2.88 bits per heavy atom. The molecule has 0 radical (unpaired) electrons. The molecule has 0 aliphatic heterocycles. The molecule has 0 spiro atoms. The van der Waals surface area contributed by atoms with Crippen molar-refractivity contribution >= 4 is 16.9 Å². The molecule has 0 aliphatic carbocycles. The Morgan fingerprint density at radius 1 is 1.19 bits per heavy atom. The maximum absolute atomic E-state index is 6.11. The van der Waals surface area contributed by atoms with Gasteiger partial charge in [0.2, 0.25) is 0 Å². The van der Waals surface area contributed by atoms with Crippen LogP contribution in [0.2, 0.25) is 0 Å². The van der Waals surface area contributed by atoms with Crippen molar-refractivity contribution in [3.05, 3.63) is 42.9 Å². The van der Waals surface area contributed by atoms with E-state index in [-0.39, 0.29) is 0 Å². The van der Waals surface area contributed by atoms with Gasteiger partial charge in [-0.05, 0) is 24.6 Å². The number of imidazole rings is 1. The molecule has 3 heterocycles. The maximum Gasteiger partial charge on any atom is 0.142 e. The largest absolute Gasteiger partial charge is 0.497 e. The van der Waals surface area contributed by atoms with Crippen LogP contribution in [0.25, 0.3) is 33.5 Å². The summed E-state index contributed by atoms with van der Waals surface area (Å²) in [4.78, 5) is 12.3. The van der Waals surface area contributed by atoms with E-state index in [0.29, 0.717) is 11.6 Å². The fourth-order valence-corrected chi connectivity index (χ4v) is 2.93. The summed E-state index contributed by atoms with van der Waals surface area (Å²) in [5.41, 5.74) is 10.6. The first-order valence-corrected chi connectivity index (χ1v) is 8.50. The molecule has 3 N–H and O–H groups in total. The topological polar surface area (TPSA) is 94.6 Å². The number of hydrogen-bond donors (Lipinski definition) is 2. The summed E-state index contributed by atoms with van der Waals surface area (Å²) in [5.74, 6) is 1.89. The number of aromatic nitrogens is 5. The van der Waals surface area contributed by atoms with E-state index in [1.54, 1.807) is 13.3 Å². The predicted molar refractivity (Wildman–Crippen MR) is 102 cm³/mol. The molecule has 1 aromatic carbocycles. The lowest BCUT2D eigenvalue weighted by Crippen LogP contribution is -1.96. The number of hydrogen-bond acceptors (Lipinski definition) is 5.